The number of benzene rings is 13. The van der Waals surface area contributed by atoms with Gasteiger partial charge in [-0.25, -0.2) is 0 Å². The van der Waals surface area contributed by atoms with Gasteiger partial charge in [-0.05, 0) is 200 Å². The van der Waals surface area contributed by atoms with Crippen molar-refractivity contribution < 1.29 is 21.9 Å². The standard InChI is InChI=1S/C104H101BN4/c1-99(2,3)69-47-43-64(44-48-69)81-58-71(101(7,8)9)60-83(103(13,14)15)97(81)108-91-62-73(106-87-39-27-23-35-77(87)78-36-24-28-40-88(78)106)51-53-85(91)105-86-54-52-74(107-89-41-29-25-37-79(89)80-38-26-30-42-90(80)107)63-92(86)109(94-57-68(56-93(108)96(94)105)95-75-33-21-19-31-66(75)55-67-32-20-22-34-76(67)95)98-82(65-45-49-70(50-46-65)100(4,5)6)59-72(102(10,11)12)61-84(98)104(16,17)18/h19-54,56-63,95H,55H2,1-18H3/i23D,24D,25D,26D,27D,28D,29D,30D,35D,36D,37D,38D,39D,40D,41D,42D. The summed E-state index contributed by atoms with van der Waals surface area (Å²) in [5.41, 5.74) is 20.6. The van der Waals surface area contributed by atoms with Gasteiger partial charge in [0.05, 0.1) is 55.4 Å². The van der Waals surface area contributed by atoms with E-state index in [1.165, 1.54) is 0 Å². The summed E-state index contributed by atoms with van der Waals surface area (Å²) >= 11 is 0. The molecule has 5 heteroatoms. The smallest absolute Gasteiger partial charge is 0.252 e. The molecule has 2 aliphatic heterocycles. The lowest BCUT2D eigenvalue weighted by Crippen LogP contribution is -2.61. The molecular weight excluding hydrogens is 1320 g/mol. The molecule has 4 nitrogen and oxygen atoms in total. The molecular formula is C104H101BN4. The highest BCUT2D eigenvalue weighted by molar-refractivity contribution is 7.00. The summed E-state index contributed by atoms with van der Waals surface area (Å²) in [7, 11) is 0. The van der Waals surface area contributed by atoms with Gasteiger partial charge in [0.1, 0.15) is 0 Å². The van der Waals surface area contributed by atoms with Gasteiger partial charge in [-0.3, -0.25) is 0 Å². The van der Waals surface area contributed by atoms with E-state index in [2.05, 4.69) is 280 Å². The maximum atomic E-state index is 10.0. The minimum atomic E-state index is -0.774. The van der Waals surface area contributed by atoms with Crippen LogP contribution in [0.4, 0.5) is 34.1 Å². The lowest BCUT2D eigenvalue weighted by molar-refractivity contribution is 0.569. The van der Waals surface area contributed by atoms with E-state index < -0.39 is 131 Å². The molecule has 0 radical (unpaired) electrons. The molecule has 15 aromatic rings. The average Bonchev–Trinajstić information content (AvgIpc) is 1.01. The van der Waals surface area contributed by atoms with Crippen molar-refractivity contribution in [3.63, 3.8) is 0 Å². The number of hydrogen-bond acceptors (Lipinski definition) is 2. The highest BCUT2D eigenvalue weighted by Crippen LogP contribution is 2.57. The zero-order valence-electron chi connectivity index (χ0n) is 81.8. The molecule has 4 heterocycles. The van der Waals surface area contributed by atoms with Crippen molar-refractivity contribution in [2.24, 2.45) is 0 Å². The molecule has 18 rings (SSSR count). The summed E-state index contributed by atoms with van der Waals surface area (Å²) < 4.78 is 157. The number of rotatable bonds is 7. The Hall–Kier alpha value is -10.9. The number of fused-ring (bicyclic) bond motifs is 12. The molecule has 3 aliphatic rings. The molecule has 0 N–H and O–H groups in total. The van der Waals surface area contributed by atoms with Crippen molar-refractivity contribution in [2.75, 3.05) is 9.80 Å². The molecule has 13 aromatic carbocycles. The topological polar surface area (TPSA) is 16.3 Å². The Bertz CT molecular complexity index is 6640. The molecule has 0 spiro atoms. The van der Waals surface area contributed by atoms with E-state index >= 15 is 0 Å². The fraction of sp³-hybridized carbons (Fsp3) is 0.250. The van der Waals surface area contributed by atoms with Crippen LogP contribution < -0.4 is 26.2 Å². The first-order valence-corrected chi connectivity index (χ1v) is 38.4. The number of hydrogen-bond donors (Lipinski definition) is 0. The quantitative estimate of drug-likeness (QED) is 0.148. The third kappa shape index (κ3) is 11.4. The van der Waals surface area contributed by atoms with E-state index in [9.17, 15) is 21.9 Å². The van der Waals surface area contributed by atoms with Crippen molar-refractivity contribution >= 4 is 101 Å². The van der Waals surface area contributed by atoms with E-state index in [1.54, 1.807) is 9.13 Å². The zero-order valence-corrected chi connectivity index (χ0v) is 65.8. The molecule has 0 saturated carbocycles. The van der Waals surface area contributed by atoms with Crippen LogP contribution in [0.15, 0.2) is 267 Å². The average molecular weight is 1430 g/mol. The monoisotopic (exact) mass is 1430 g/mol. The molecule has 0 bridgehead atoms. The zero-order chi connectivity index (χ0) is 89.8. The number of aromatic nitrogens is 2. The summed E-state index contributed by atoms with van der Waals surface area (Å²) in [6.07, 6.45) is 0.676. The largest absolute Gasteiger partial charge is 0.310 e. The summed E-state index contributed by atoms with van der Waals surface area (Å²) in [5.74, 6) is -0.433. The van der Waals surface area contributed by atoms with Crippen LogP contribution in [0.2, 0.25) is 0 Å². The highest BCUT2D eigenvalue weighted by atomic mass is 15.2. The van der Waals surface area contributed by atoms with Crippen molar-refractivity contribution in [1.29, 1.82) is 0 Å². The van der Waals surface area contributed by atoms with Gasteiger partial charge in [-0.2, -0.15) is 0 Å². The maximum absolute atomic E-state index is 10.0. The molecule has 0 unspecified atom stereocenters. The van der Waals surface area contributed by atoms with Crippen molar-refractivity contribution in [2.45, 2.75) is 169 Å². The van der Waals surface area contributed by atoms with Crippen LogP contribution in [0.3, 0.4) is 0 Å². The lowest BCUT2D eigenvalue weighted by Gasteiger charge is -2.47. The maximum Gasteiger partial charge on any atom is 0.252 e. The Balaban J connectivity index is 1.11. The molecule has 109 heavy (non-hydrogen) atoms. The first-order valence-electron chi connectivity index (χ1n) is 46.4. The van der Waals surface area contributed by atoms with Crippen LogP contribution in [-0.4, -0.2) is 15.8 Å². The Morgan fingerprint density at radius 2 is 0.670 bits per heavy atom. The first kappa shape index (κ1) is 53.8. The molecule has 0 saturated heterocycles. The van der Waals surface area contributed by atoms with Crippen LogP contribution in [0.5, 0.6) is 0 Å². The van der Waals surface area contributed by atoms with Gasteiger partial charge in [0.2, 0.25) is 0 Å². The van der Waals surface area contributed by atoms with Crippen molar-refractivity contribution in [3.05, 3.63) is 328 Å². The van der Waals surface area contributed by atoms with E-state index in [0.717, 1.165) is 123 Å². The highest BCUT2D eigenvalue weighted by Gasteiger charge is 2.48. The van der Waals surface area contributed by atoms with Crippen molar-refractivity contribution in [3.8, 4) is 33.6 Å². The summed E-state index contributed by atoms with van der Waals surface area (Å²) in [4.78, 5) is 4.87. The van der Waals surface area contributed by atoms with E-state index in [-0.39, 0.29) is 54.4 Å². The van der Waals surface area contributed by atoms with E-state index in [1.807, 2.05) is 24.3 Å². The Labute approximate surface area is 669 Å². The Kier molecular flexibility index (Phi) is 12.3. The van der Waals surface area contributed by atoms with Crippen LogP contribution in [0, 0.1) is 0 Å². The second-order valence-corrected chi connectivity index (χ2v) is 36.6. The fourth-order valence-electron chi connectivity index (χ4n) is 17.5. The number of nitrogens with zero attached hydrogens (tertiary/aromatic N) is 4. The predicted molar refractivity (Wildman–Crippen MR) is 469 cm³/mol. The third-order valence-electron chi connectivity index (χ3n) is 23.2. The van der Waals surface area contributed by atoms with E-state index in [4.69, 9.17) is 0 Å². The number of anilines is 6. The molecule has 1 aliphatic carbocycles. The second kappa shape index (κ2) is 24.8. The Morgan fingerprint density at radius 3 is 1.01 bits per heavy atom. The molecule has 540 valence electrons. The van der Waals surface area contributed by atoms with Crippen molar-refractivity contribution in [1.82, 2.24) is 9.13 Å². The van der Waals surface area contributed by atoms with Gasteiger partial charge in [0.25, 0.3) is 6.71 Å². The molecule has 0 fully saturated rings. The van der Waals surface area contributed by atoms with Gasteiger partial charge in [0, 0.05) is 72.7 Å². The second-order valence-electron chi connectivity index (χ2n) is 36.6. The summed E-state index contributed by atoms with van der Waals surface area (Å²) in [6, 6.07) is 53.4. The predicted octanol–water partition coefficient (Wildman–Crippen LogP) is 26.2. The van der Waals surface area contributed by atoms with E-state index in [0.29, 0.717) is 29.2 Å². The van der Waals surface area contributed by atoms with Gasteiger partial charge < -0.3 is 18.9 Å². The SMILES string of the molecule is [2H]c1c([2H])c([2H])c2c(c1[2H])c1c([2H])c([2H])c([2H])c([2H])c1n2-c1ccc2c(c1)N(c1c(-c3ccc(C(C)(C)C)cc3)cc(C(C)(C)C)cc1C(C)(C)C)c1cc(C3c4ccccc4Cc4ccccc43)cc3c1B2c1ccc(-n2c4c([2H])c([2H])c([2H])c([2H])c4c4c([2H])c([2H])c([2H])c([2H])c42)cc1N3c1c(-c2ccc(C(C)(C)C)cc2)cc(C(C)(C)C)cc1C(C)(C)C. The fourth-order valence-corrected chi connectivity index (χ4v) is 17.5. The minimum absolute atomic E-state index is 0.0357. The molecule has 0 amide bonds. The summed E-state index contributed by atoms with van der Waals surface area (Å²) in [6.45, 7) is 39.5. The molecule has 0 atom stereocenters. The first-order chi connectivity index (χ1) is 58.5. The molecule has 2 aromatic heterocycles. The minimum Gasteiger partial charge on any atom is -0.310 e. The van der Waals surface area contributed by atoms with Gasteiger partial charge in [-0.15, -0.1) is 0 Å². The Morgan fingerprint density at radius 1 is 0.330 bits per heavy atom. The van der Waals surface area contributed by atoms with Crippen LogP contribution in [0.25, 0.3) is 77.2 Å². The van der Waals surface area contributed by atoms with Gasteiger partial charge in [-0.1, -0.05) is 318 Å². The van der Waals surface area contributed by atoms with Crippen LogP contribution in [-0.2, 0) is 38.9 Å². The van der Waals surface area contributed by atoms with Crippen LogP contribution >= 0.6 is 0 Å². The lowest BCUT2D eigenvalue weighted by atomic mass is 9.33. The van der Waals surface area contributed by atoms with Gasteiger partial charge in [0.15, 0.2) is 0 Å². The van der Waals surface area contributed by atoms with Gasteiger partial charge >= 0.3 is 0 Å². The summed E-state index contributed by atoms with van der Waals surface area (Å²) in [5, 5.41) is -0.240. The normalized spacial score (nSPS) is 16.1. The number of para-hydroxylation sites is 4. The van der Waals surface area contributed by atoms with Crippen LogP contribution in [0.1, 0.15) is 214 Å². The third-order valence-corrected chi connectivity index (χ3v) is 23.2.